The summed E-state index contributed by atoms with van der Waals surface area (Å²) < 4.78 is 15.5. The number of thioether (sulfide) groups is 1. The quantitative estimate of drug-likeness (QED) is 0.400. The van der Waals surface area contributed by atoms with E-state index in [2.05, 4.69) is 21.5 Å². The van der Waals surface area contributed by atoms with Crippen LogP contribution in [0.4, 0.5) is 4.39 Å². The van der Waals surface area contributed by atoms with Gasteiger partial charge in [0.25, 0.3) is 0 Å². The van der Waals surface area contributed by atoms with Crippen LogP contribution in [0.5, 0.6) is 0 Å². The summed E-state index contributed by atoms with van der Waals surface area (Å²) in [6.07, 6.45) is 6.00. The highest BCUT2D eigenvalue weighted by Gasteiger charge is 2.19. The van der Waals surface area contributed by atoms with E-state index in [4.69, 9.17) is 11.6 Å². The minimum absolute atomic E-state index is 0.240. The van der Waals surface area contributed by atoms with E-state index >= 15 is 0 Å². The normalized spacial score (nSPS) is 14.3. The largest absolute Gasteiger partial charge is 0.305 e. The summed E-state index contributed by atoms with van der Waals surface area (Å²) in [5, 5.41) is 1.63. The number of nitrogens with zero attached hydrogens (tertiary/aromatic N) is 3. The minimum atomic E-state index is -0.240. The summed E-state index contributed by atoms with van der Waals surface area (Å²) in [7, 11) is 2.20. The molecule has 29 heavy (non-hydrogen) atoms. The van der Waals surface area contributed by atoms with Crippen LogP contribution in [0, 0.1) is 11.7 Å². The zero-order valence-corrected chi connectivity index (χ0v) is 18.1. The van der Waals surface area contributed by atoms with Crippen molar-refractivity contribution in [2.75, 3.05) is 25.9 Å². The number of hydrogen-bond acceptors (Lipinski definition) is 3. The van der Waals surface area contributed by atoms with Crippen LogP contribution in [0.3, 0.4) is 0 Å². The van der Waals surface area contributed by atoms with E-state index in [1.54, 1.807) is 23.9 Å². The molecule has 4 rings (SSSR count). The lowest BCUT2D eigenvalue weighted by Crippen LogP contribution is -2.31. The molecule has 1 fully saturated rings. The van der Waals surface area contributed by atoms with Crippen LogP contribution in [0.2, 0.25) is 5.02 Å². The molecule has 0 spiro atoms. The third-order valence-corrected chi connectivity index (χ3v) is 6.64. The minimum Gasteiger partial charge on any atom is -0.305 e. The van der Waals surface area contributed by atoms with Gasteiger partial charge < -0.3 is 4.90 Å². The first-order valence-electron chi connectivity index (χ1n) is 10.0. The number of imidazole rings is 1. The summed E-state index contributed by atoms with van der Waals surface area (Å²) in [5.74, 6) is 1.61. The van der Waals surface area contributed by atoms with Crippen molar-refractivity contribution in [1.29, 1.82) is 0 Å². The number of rotatable bonds is 8. The van der Waals surface area contributed by atoms with Crippen LogP contribution in [0.1, 0.15) is 19.3 Å². The van der Waals surface area contributed by atoms with Crippen molar-refractivity contribution < 1.29 is 4.39 Å². The molecular formula is C23H25ClFN3S. The van der Waals surface area contributed by atoms with Crippen LogP contribution in [-0.4, -0.2) is 40.3 Å². The Morgan fingerprint density at radius 2 is 1.86 bits per heavy atom. The van der Waals surface area contributed by atoms with E-state index < -0.39 is 0 Å². The maximum atomic E-state index is 13.4. The predicted molar refractivity (Wildman–Crippen MR) is 120 cm³/mol. The Balaban J connectivity index is 1.54. The standard InChI is InChI=1S/C23H25ClFN3S/c1-27(16-17-3-2-4-17)13-14-29-23-26-15-22(18-5-9-20(25)10-6-18)28(23)21-11-7-19(24)8-12-21/h5-12,15,17H,2-4,13-14,16H2,1H3. The monoisotopic (exact) mass is 429 g/mol. The van der Waals surface area contributed by atoms with Gasteiger partial charge in [0.1, 0.15) is 5.82 Å². The lowest BCUT2D eigenvalue weighted by molar-refractivity contribution is 0.213. The van der Waals surface area contributed by atoms with Crippen molar-refractivity contribution in [2.45, 2.75) is 24.4 Å². The summed E-state index contributed by atoms with van der Waals surface area (Å²) in [6.45, 7) is 2.22. The third-order valence-electron chi connectivity index (χ3n) is 5.45. The Hall–Kier alpha value is -1.82. The molecule has 0 aliphatic heterocycles. The SMILES string of the molecule is CN(CCSc1ncc(-c2ccc(F)cc2)n1-c1ccc(Cl)cc1)CC1CCC1. The van der Waals surface area contributed by atoms with Gasteiger partial charge in [-0.1, -0.05) is 29.8 Å². The Kier molecular flexibility index (Phi) is 6.58. The summed E-state index contributed by atoms with van der Waals surface area (Å²) in [6, 6.07) is 14.3. The number of halogens is 2. The average molecular weight is 430 g/mol. The number of hydrogen-bond donors (Lipinski definition) is 0. The molecule has 6 heteroatoms. The Labute approximate surface area is 180 Å². The van der Waals surface area contributed by atoms with E-state index in [1.165, 1.54) is 37.9 Å². The molecule has 0 saturated heterocycles. The van der Waals surface area contributed by atoms with E-state index in [1.807, 2.05) is 30.5 Å². The van der Waals surface area contributed by atoms with E-state index in [0.717, 1.165) is 40.3 Å². The van der Waals surface area contributed by atoms with Crippen molar-refractivity contribution in [3.63, 3.8) is 0 Å². The van der Waals surface area contributed by atoms with Crippen molar-refractivity contribution >= 4 is 23.4 Å². The molecule has 0 N–H and O–H groups in total. The molecule has 1 saturated carbocycles. The van der Waals surface area contributed by atoms with Crippen LogP contribution in [0.25, 0.3) is 16.9 Å². The lowest BCUT2D eigenvalue weighted by Gasteiger charge is -2.30. The van der Waals surface area contributed by atoms with Gasteiger partial charge in [-0.25, -0.2) is 9.37 Å². The third kappa shape index (κ3) is 5.03. The zero-order chi connectivity index (χ0) is 20.2. The highest BCUT2D eigenvalue weighted by atomic mass is 35.5. The highest BCUT2D eigenvalue weighted by Crippen LogP contribution is 2.31. The van der Waals surface area contributed by atoms with Crippen LogP contribution in [-0.2, 0) is 0 Å². The smallest absolute Gasteiger partial charge is 0.173 e. The van der Waals surface area contributed by atoms with Crippen LogP contribution < -0.4 is 0 Å². The van der Waals surface area contributed by atoms with Crippen molar-refractivity contribution in [3.05, 3.63) is 65.6 Å². The van der Waals surface area contributed by atoms with Gasteiger partial charge in [0.2, 0.25) is 0 Å². The Morgan fingerprint density at radius 3 is 2.52 bits per heavy atom. The second-order valence-corrected chi connectivity index (χ2v) is 9.15. The fourth-order valence-corrected chi connectivity index (χ4v) is 4.77. The molecule has 0 atom stereocenters. The fraction of sp³-hybridized carbons (Fsp3) is 0.348. The van der Waals surface area contributed by atoms with Gasteiger partial charge in [-0.15, -0.1) is 0 Å². The molecule has 1 aromatic heterocycles. The fourth-order valence-electron chi connectivity index (χ4n) is 3.60. The summed E-state index contributed by atoms with van der Waals surface area (Å²) >= 11 is 7.84. The van der Waals surface area contributed by atoms with Crippen LogP contribution in [0.15, 0.2) is 59.9 Å². The van der Waals surface area contributed by atoms with Crippen molar-refractivity contribution in [3.8, 4) is 16.9 Å². The Bertz CT molecular complexity index is 936. The zero-order valence-electron chi connectivity index (χ0n) is 16.5. The van der Waals surface area contributed by atoms with Crippen molar-refractivity contribution in [2.24, 2.45) is 5.92 Å². The van der Waals surface area contributed by atoms with E-state index in [0.29, 0.717) is 5.02 Å². The summed E-state index contributed by atoms with van der Waals surface area (Å²) in [5.41, 5.74) is 2.87. The Morgan fingerprint density at radius 1 is 1.14 bits per heavy atom. The molecule has 1 heterocycles. The van der Waals surface area contributed by atoms with E-state index in [-0.39, 0.29) is 5.82 Å². The van der Waals surface area contributed by atoms with Gasteiger partial charge in [-0.05, 0) is 74.3 Å². The van der Waals surface area contributed by atoms with Gasteiger partial charge in [0.15, 0.2) is 5.16 Å². The molecule has 0 amide bonds. The molecule has 0 bridgehead atoms. The molecule has 3 aromatic rings. The molecule has 1 aliphatic carbocycles. The average Bonchev–Trinajstić information content (AvgIpc) is 3.10. The number of aromatic nitrogens is 2. The first-order valence-corrected chi connectivity index (χ1v) is 11.4. The first-order chi connectivity index (χ1) is 14.1. The summed E-state index contributed by atoms with van der Waals surface area (Å²) in [4.78, 5) is 7.10. The van der Waals surface area contributed by atoms with Crippen LogP contribution >= 0.6 is 23.4 Å². The van der Waals surface area contributed by atoms with Gasteiger partial charge in [-0.2, -0.15) is 0 Å². The molecule has 3 nitrogen and oxygen atoms in total. The first kappa shape index (κ1) is 20.5. The lowest BCUT2D eigenvalue weighted by atomic mass is 9.85. The molecule has 2 aromatic carbocycles. The maximum Gasteiger partial charge on any atom is 0.173 e. The van der Waals surface area contributed by atoms with Gasteiger partial charge in [0.05, 0.1) is 11.9 Å². The molecule has 1 aliphatic rings. The predicted octanol–water partition coefficient (Wildman–Crippen LogP) is 6.16. The maximum absolute atomic E-state index is 13.4. The van der Waals surface area contributed by atoms with E-state index in [9.17, 15) is 4.39 Å². The molecule has 152 valence electrons. The van der Waals surface area contributed by atoms with Gasteiger partial charge >= 0.3 is 0 Å². The molecular weight excluding hydrogens is 405 g/mol. The van der Waals surface area contributed by atoms with Crippen molar-refractivity contribution in [1.82, 2.24) is 14.5 Å². The van der Waals surface area contributed by atoms with Gasteiger partial charge in [0, 0.05) is 35.1 Å². The highest BCUT2D eigenvalue weighted by molar-refractivity contribution is 7.99. The second kappa shape index (κ2) is 9.33. The second-order valence-electron chi connectivity index (χ2n) is 7.65. The topological polar surface area (TPSA) is 21.1 Å². The molecule has 0 unspecified atom stereocenters. The number of benzene rings is 2. The molecule has 0 radical (unpaired) electrons. The van der Waals surface area contributed by atoms with Gasteiger partial charge in [-0.3, -0.25) is 4.57 Å².